The molecular weight excluding hydrogens is 274 g/mol. The highest BCUT2D eigenvalue weighted by molar-refractivity contribution is 7.92. The fraction of sp³-hybridized carbons (Fsp3) is 0.933. The quantitative estimate of drug-likeness (QED) is 0.682. The summed E-state index contributed by atoms with van der Waals surface area (Å²) in [5.41, 5.74) is -0.233. The first-order chi connectivity index (χ1) is 7.10. The van der Waals surface area contributed by atoms with Gasteiger partial charge in [-0.05, 0) is 20.8 Å². The summed E-state index contributed by atoms with van der Waals surface area (Å²) in [5, 5.41) is 0. The summed E-state index contributed by atoms with van der Waals surface area (Å²) in [6.07, 6.45) is 1.24. The summed E-state index contributed by atoms with van der Waals surface area (Å²) in [5.74, 6) is 0.169. The molecule has 0 heterocycles. The van der Waals surface area contributed by atoms with E-state index in [1.165, 1.54) is 6.26 Å². The van der Waals surface area contributed by atoms with Gasteiger partial charge < -0.3 is 4.90 Å². The Kier molecular flexibility index (Phi) is 16.1. The molecule has 0 unspecified atom stereocenters. The number of carbonyl (C=O) groups is 1. The zero-order valence-corrected chi connectivity index (χ0v) is 13.4. The standard InChI is InChI=1S/C7H15NO.C5H12O2S.3CH4/c1-7(2,3)6(9)8(4)5;1-5(2,3)8(4,6)7;;;/h1-5H3;1-4H3;3*1H4. The predicted octanol–water partition coefficient (Wildman–Crippen LogP) is 3.86. The second kappa shape index (κ2) is 10.2. The highest BCUT2D eigenvalue weighted by atomic mass is 32.2. The molecule has 5 heteroatoms. The van der Waals surface area contributed by atoms with E-state index in [4.69, 9.17) is 0 Å². The molecule has 20 heavy (non-hydrogen) atoms. The van der Waals surface area contributed by atoms with Gasteiger partial charge in [0.2, 0.25) is 5.91 Å². The minimum Gasteiger partial charge on any atom is -0.348 e. The van der Waals surface area contributed by atoms with E-state index >= 15 is 0 Å². The largest absolute Gasteiger partial charge is 0.348 e. The lowest BCUT2D eigenvalue weighted by Gasteiger charge is -2.21. The summed E-state index contributed by atoms with van der Waals surface area (Å²) in [7, 11) is 0.703. The molecule has 0 aliphatic rings. The molecule has 1 amide bonds. The summed E-state index contributed by atoms with van der Waals surface area (Å²) >= 11 is 0. The third-order valence-electron chi connectivity index (χ3n) is 2.16. The fourth-order valence-corrected chi connectivity index (χ4v) is 0.671. The summed E-state index contributed by atoms with van der Waals surface area (Å²) in [6.45, 7) is 10.8. The number of sulfone groups is 1. The minimum atomic E-state index is -2.84. The molecule has 0 saturated carbocycles. The zero-order chi connectivity index (χ0) is 14.7. The molecule has 128 valence electrons. The fourth-order valence-electron chi connectivity index (χ4n) is 0.671. The maximum atomic E-state index is 11.1. The second-order valence-corrected chi connectivity index (χ2v) is 9.10. The molecule has 0 aliphatic carbocycles. The highest BCUT2D eigenvalue weighted by Gasteiger charge is 2.23. The Morgan fingerprint density at radius 3 is 1.05 bits per heavy atom. The topological polar surface area (TPSA) is 54.5 Å². The predicted molar refractivity (Wildman–Crippen MR) is 92.9 cm³/mol. The molecule has 0 radical (unpaired) electrons. The molecule has 0 rings (SSSR count). The van der Waals surface area contributed by atoms with Crippen molar-refractivity contribution in [3.63, 3.8) is 0 Å². The highest BCUT2D eigenvalue weighted by Crippen LogP contribution is 2.14. The van der Waals surface area contributed by atoms with Crippen LogP contribution in [0, 0.1) is 5.41 Å². The molecule has 0 aromatic heterocycles. The van der Waals surface area contributed by atoms with E-state index in [9.17, 15) is 13.2 Å². The van der Waals surface area contributed by atoms with Crippen molar-refractivity contribution >= 4 is 15.7 Å². The van der Waals surface area contributed by atoms with Crippen molar-refractivity contribution in [2.75, 3.05) is 20.4 Å². The number of nitrogens with zero attached hydrogens (tertiary/aromatic N) is 1. The van der Waals surface area contributed by atoms with Crippen LogP contribution in [0.4, 0.5) is 0 Å². The molecule has 0 atom stereocenters. The van der Waals surface area contributed by atoms with E-state index in [0.29, 0.717) is 0 Å². The molecule has 0 saturated heterocycles. The van der Waals surface area contributed by atoms with Crippen molar-refractivity contribution in [1.29, 1.82) is 0 Å². The van der Waals surface area contributed by atoms with E-state index in [2.05, 4.69) is 0 Å². The maximum Gasteiger partial charge on any atom is 0.227 e. The van der Waals surface area contributed by atoms with Crippen LogP contribution in [0.25, 0.3) is 0 Å². The van der Waals surface area contributed by atoms with E-state index in [-0.39, 0.29) is 33.6 Å². The van der Waals surface area contributed by atoms with Crippen molar-refractivity contribution in [2.24, 2.45) is 5.41 Å². The van der Waals surface area contributed by atoms with Gasteiger partial charge in [0.15, 0.2) is 9.84 Å². The Labute approximate surface area is 128 Å². The molecule has 0 fully saturated rings. The number of rotatable bonds is 0. The van der Waals surface area contributed by atoms with Gasteiger partial charge in [-0.2, -0.15) is 0 Å². The smallest absolute Gasteiger partial charge is 0.227 e. The monoisotopic (exact) mass is 313 g/mol. The van der Waals surface area contributed by atoms with Crippen LogP contribution < -0.4 is 0 Å². The first-order valence-corrected chi connectivity index (χ1v) is 7.41. The first-order valence-electron chi connectivity index (χ1n) is 5.52. The second-order valence-electron chi connectivity index (χ2n) is 6.33. The number of carbonyl (C=O) groups excluding carboxylic acids is 1. The van der Waals surface area contributed by atoms with Crippen molar-refractivity contribution < 1.29 is 13.2 Å². The molecule has 0 N–H and O–H groups in total. The molecular formula is C15H39NO3S. The van der Waals surface area contributed by atoms with Crippen molar-refractivity contribution in [3.05, 3.63) is 0 Å². The minimum absolute atomic E-state index is 0. The van der Waals surface area contributed by atoms with Crippen molar-refractivity contribution in [2.45, 2.75) is 68.6 Å². The van der Waals surface area contributed by atoms with Crippen LogP contribution in [-0.2, 0) is 14.6 Å². The normalized spacial score (nSPS) is 10.7. The lowest BCUT2D eigenvalue weighted by Crippen LogP contribution is -2.33. The van der Waals surface area contributed by atoms with Crippen molar-refractivity contribution in [3.8, 4) is 0 Å². The number of hydrogen-bond donors (Lipinski definition) is 0. The Morgan fingerprint density at radius 1 is 0.850 bits per heavy atom. The maximum absolute atomic E-state index is 11.1. The molecule has 0 aromatic carbocycles. The lowest BCUT2D eigenvalue weighted by atomic mass is 9.95. The Morgan fingerprint density at radius 2 is 1.05 bits per heavy atom. The van der Waals surface area contributed by atoms with E-state index in [0.717, 1.165) is 0 Å². The van der Waals surface area contributed by atoms with Gasteiger partial charge in [-0.1, -0.05) is 43.1 Å². The molecule has 0 spiro atoms. The summed E-state index contributed by atoms with van der Waals surface area (Å²) in [4.78, 5) is 12.7. The van der Waals surface area contributed by atoms with Crippen LogP contribution in [0.3, 0.4) is 0 Å². The average Bonchev–Trinajstić information content (AvgIpc) is 1.98. The Hall–Kier alpha value is -0.580. The van der Waals surface area contributed by atoms with Crippen LogP contribution >= 0.6 is 0 Å². The molecule has 4 nitrogen and oxygen atoms in total. The van der Waals surface area contributed by atoms with Gasteiger partial charge in [0.05, 0.1) is 4.75 Å². The molecule has 0 aliphatic heterocycles. The molecule has 0 bridgehead atoms. The van der Waals surface area contributed by atoms with Gasteiger partial charge >= 0.3 is 0 Å². The van der Waals surface area contributed by atoms with Crippen LogP contribution in [0.2, 0.25) is 0 Å². The van der Waals surface area contributed by atoms with Crippen LogP contribution in [0.1, 0.15) is 63.8 Å². The van der Waals surface area contributed by atoms with E-state index in [1.807, 2.05) is 20.8 Å². The van der Waals surface area contributed by atoms with E-state index in [1.54, 1.807) is 39.8 Å². The van der Waals surface area contributed by atoms with Gasteiger partial charge in [-0.25, -0.2) is 8.42 Å². The van der Waals surface area contributed by atoms with Gasteiger partial charge in [-0.15, -0.1) is 0 Å². The zero-order valence-electron chi connectivity index (χ0n) is 12.6. The molecule has 0 aromatic rings. The van der Waals surface area contributed by atoms with E-state index < -0.39 is 14.6 Å². The lowest BCUT2D eigenvalue weighted by molar-refractivity contribution is -0.136. The first kappa shape index (κ1) is 31.7. The van der Waals surface area contributed by atoms with Crippen LogP contribution in [-0.4, -0.2) is 44.3 Å². The summed E-state index contributed by atoms with van der Waals surface area (Å²) in [6, 6.07) is 0. The SMILES string of the molecule is C.C.C.CC(C)(C)S(C)(=O)=O.CN(C)C(=O)C(C)(C)C. The van der Waals surface area contributed by atoms with Gasteiger partial charge in [-0.3, -0.25) is 4.79 Å². The number of hydrogen-bond acceptors (Lipinski definition) is 3. The number of amides is 1. The van der Waals surface area contributed by atoms with Gasteiger partial charge in [0.1, 0.15) is 0 Å². The Balaban J connectivity index is -0.0000000655. The summed E-state index contributed by atoms with van der Waals surface area (Å²) < 4.78 is 20.7. The van der Waals surface area contributed by atoms with Gasteiger partial charge in [0.25, 0.3) is 0 Å². The van der Waals surface area contributed by atoms with Crippen molar-refractivity contribution in [1.82, 2.24) is 4.90 Å². The average molecular weight is 314 g/mol. The van der Waals surface area contributed by atoms with Crippen LogP contribution in [0.15, 0.2) is 0 Å². The van der Waals surface area contributed by atoms with Gasteiger partial charge in [0, 0.05) is 25.8 Å². The third kappa shape index (κ3) is 13.8. The van der Waals surface area contributed by atoms with Crippen LogP contribution in [0.5, 0.6) is 0 Å². The Bertz CT molecular complexity index is 344. The third-order valence-corrected chi connectivity index (χ3v) is 4.38.